The Hall–Kier alpha value is -0.370. The summed E-state index contributed by atoms with van der Waals surface area (Å²) >= 11 is 0. The van der Waals surface area contributed by atoms with Crippen molar-refractivity contribution in [1.82, 2.24) is 0 Å². The van der Waals surface area contributed by atoms with Crippen molar-refractivity contribution in [2.24, 2.45) is 0 Å². The van der Waals surface area contributed by atoms with Crippen molar-refractivity contribution >= 4 is 5.78 Å². The van der Waals surface area contributed by atoms with Crippen molar-refractivity contribution in [3.63, 3.8) is 0 Å². The Bertz CT molecular complexity index is 173. The lowest BCUT2D eigenvalue weighted by Gasteiger charge is -2.24. The Morgan fingerprint density at radius 3 is 2.08 bits per heavy atom. The third-order valence-electron chi connectivity index (χ3n) is 3.18. The maximum atomic E-state index is 11.0. The zero-order chi connectivity index (χ0) is 9.10. The Balaban J connectivity index is 1.72. The van der Waals surface area contributed by atoms with Gasteiger partial charge in [-0.15, -0.1) is 0 Å². The van der Waals surface area contributed by atoms with Gasteiger partial charge in [-0.05, 0) is 25.7 Å². The van der Waals surface area contributed by atoms with Crippen LogP contribution in [0.4, 0.5) is 0 Å². The SMILES string of the molecule is O=C1CCC(OC2CCCC2)CC1. The molecule has 2 heteroatoms. The van der Waals surface area contributed by atoms with Crippen LogP contribution in [-0.2, 0) is 9.53 Å². The second-order valence-corrected chi connectivity index (χ2v) is 4.28. The lowest BCUT2D eigenvalue weighted by Crippen LogP contribution is -2.25. The summed E-state index contributed by atoms with van der Waals surface area (Å²) in [6.07, 6.45) is 9.47. The minimum absolute atomic E-state index is 0.390. The Morgan fingerprint density at radius 2 is 1.46 bits per heavy atom. The summed E-state index contributed by atoms with van der Waals surface area (Å²) in [5.74, 6) is 0.422. The summed E-state index contributed by atoms with van der Waals surface area (Å²) in [5, 5.41) is 0. The number of rotatable bonds is 2. The molecule has 74 valence electrons. The average molecular weight is 182 g/mol. The van der Waals surface area contributed by atoms with Gasteiger partial charge in [-0.2, -0.15) is 0 Å². The van der Waals surface area contributed by atoms with Crippen LogP contribution in [0.25, 0.3) is 0 Å². The molecule has 13 heavy (non-hydrogen) atoms. The van der Waals surface area contributed by atoms with E-state index in [1.54, 1.807) is 0 Å². The fraction of sp³-hybridized carbons (Fsp3) is 0.909. The van der Waals surface area contributed by atoms with Crippen LogP contribution >= 0.6 is 0 Å². The molecule has 2 saturated carbocycles. The van der Waals surface area contributed by atoms with Gasteiger partial charge in [0.15, 0.2) is 0 Å². The Kier molecular flexibility index (Phi) is 2.99. The molecule has 0 aromatic rings. The van der Waals surface area contributed by atoms with Gasteiger partial charge in [-0.3, -0.25) is 4.79 Å². The number of ketones is 1. The molecule has 0 radical (unpaired) electrons. The first-order chi connectivity index (χ1) is 6.34. The van der Waals surface area contributed by atoms with Crippen molar-refractivity contribution < 1.29 is 9.53 Å². The van der Waals surface area contributed by atoms with Gasteiger partial charge >= 0.3 is 0 Å². The highest BCUT2D eigenvalue weighted by Gasteiger charge is 2.24. The normalized spacial score (nSPS) is 26.9. The van der Waals surface area contributed by atoms with Crippen LogP contribution in [-0.4, -0.2) is 18.0 Å². The summed E-state index contributed by atoms with van der Waals surface area (Å²) in [6, 6.07) is 0. The monoisotopic (exact) mass is 182 g/mol. The van der Waals surface area contributed by atoms with Gasteiger partial charge in [0, 0.05) is 12.8 Å². The maximum absolute atomic E-state index is 11.0. The minimum atomic E-state index is 0.390. The number of Topliss-reactive ketones (excluding diaryl/α,β-unsaturated/α-hetero) is 1. The van der Waals surface area contributed by atoms with E-state index in [-0.39, 0.29) is 0 Å². The Morgan fingerprint density at radius 1 is 0.923 bits per heavy atom. The molecule has 2 fully saturated rings. The largest absolute Gasteiger partial charge is 0.375 e. The molecule has 0 amide bonds. The van der Waals surface area contributed by atoms with E-state index in [9.17, 15) is 4.79 Å². The van der Waals surface area contributed by atoms with Gasteiger partial charge in [0.25, 0.3) is 0 Å². The number of ether oxygens (including phenoxy) is 1. The fourth-order valence-corrected chi connectivity index (χ4v) is 2.35. The molecular weight excluding hydrogens is 164 g/mol. The van der Waals surface area contributed by atoms with E-state index >= 15 is 0 Å². The van der Waals surface area contributed by atoms with Crippen molar-refractivity contribution in [2.45, 2.75) is 63.6 Å². The van der Waals surface area contributed by atoms with Gasteiger partial charge in [-0.1, -0.05) is 12.8 Å². The molecule has 0 saturated heterocycles. The highest BCUT2D eigenvalue weighted by atomic mass is 16.5. The highest BCUT2D eigenvalue weighted by Crippen LogP contribution is 2.26. The maximum Gasteiger partial charge on any atom is 0.133 e. The van der Waals surface area contributed by atoms with E-state index in [0.29, 0.717) is 18.0 Å². The molecular formula is C11H18O2. The number of carbonyl (C=O) groups is 1. The summed E-state index contributed by atoms with van der Waals surface area (Å²) in [4.78, 5) is 11.0. The standard InChI is InChI=1S/C11H18O2/c12-9-5-7-11(8-6-9)13-10-3-1-2-4-10/h10-11H,1-8H2. The second-order valence-electron chi connectivity index (χ2n) is 4.28. The van der Waals surface area contributed by atoms with Gasteiger partial charge in [-0.25, -0.2) is 0 Å². The molecule has 0 atom stereocenters. The van der Waals surface area contributed by atoms with E-state index in [4.69, 9.17) is 4.74 Å². The predicted octanol–water partition coefficient (Wildman–Crippen LogP) is 2.46. The first-order valence-corrected chi connectivity index (χ1v) is 5.52. The molecule has 2 aliphatic carbocycles. The quantitative estimate of drug-likeness (QED) is 0.655. The summed E-state index contributed by atoms with van der Waals surface area (Å²) in [6.45, 7) is 0. The van der Waals surface area contributed by atoms with Gasteiger partial charge in [0.2, 0.25) is 0 Å². The van der Waals surface area contributed by atoms with E-state index in [1.165, 1.54) is 25.7 Å². The van der Waals surface area contributed by atoms with Crippen LogP contribution < -0.4 is 0 Å². The predicted molar refractivity (Wildman–Crippen MR) is 50.6 cm³/mol. The van der Waals surface area contributed by atoms with Gasteiger partial charge in [0.05, 0.1) is 12.2 Å². The third-order valence-corrected chi connectivity index (χ3v) is 3.18. The molecule has 0 bridgehead atoms. The average Bonchev–Trinajstić information content (AvgIpc) is 2.62. The van der Waals surface area contributed by atoms with Crippen molar-refractivity contribution in [3.05, 3.63) is 0 Å². The van der Waals surface area contributed by atoms with E-state index in [0.717, 1.165) is 25.7 Å². The molecule has 0 spiro atoms. The summed E-state index contributed by atoms with van der Waals surface area (Å²) < 4.78 is 5.95. The van der Waals surface area contributed by atoms with Gasteiger partial charge < -0.3 is 4.74 Å². The van der Waals surface area contributed by atoms with Crippen molar-refractivity contribution in [2.75, 3.05) is 0 Å². The van der Waals surface area contributed by atoms with Crippen LogP contribution in [0.15, 0.2) is 0 Å². The molecule has 0 aromatic heterocycles. The van der Waals surface area contributed by atoms with Crippen molar-refractivity contribution in [3.8, 4) is 0 Å². The lowest BCUT2D eigenvalue weighted by molar-refractivity contribution is -0.124. The van der Waals surface area contributed by atoms with Crippen LogP contribution in [0.3, 0.4) is 0 Å². The number of carbonyl (C=O) groups excluding carboxylic acids is 1. The summed E-state index contributed by atoms with van der Waals surface area (Å²) in [7, 11) is 0. The van der Waals surface area contributed by atoms with Gasteiger partial charge in [0.1, 0.15) is 5.78 Å². The van der Waals surface area contributed by atoms with E-state index in [1.807, 2.05) is 0 Å². The summed E-state index contributed by atoms with van der Waals surface area (Å²) in [5.41, 5.74) is 0. The Labute approximate surface area is 79.7 Å². The van der Waals surface area contributed by atoms with Crippen LogP contribution in [0.1, 0.15) is 51.4 Å². The number of hydrogen-bond donors (Lipinski definition) is 0. The topological polar surface area (TPSA) is 26.3 Å². The molecule has 0 aliphatic heterocycles. The molecule has 0 aromatic carbocycles. The van der Waals surface area contributed by atoms with Crippen LogP contribution in [0.2, 0.25) is 0 Å². The zero-order valence-electron chi connectivity index (χ0n) is 8.13. The smallest absolute Gasteiger partial charge is 0.133 e. The molecule has 2 aliphatic rings. The molecule has 0 N–H and O–H groups in total. The third kappa shape index (κ3) is 2.53. The molecule has 0 unspecified atom stereocenters. The fourth-order valence-electron chi connectivity index (χ4n) is 2.35. The minimum Gasteiger partial charge on any atom is -0.375 e. The molecule has 2 nitrogen and oxygen atoms in total. The van der Waals surface area contributed by atoms with E-state index < -0.39 is 0 Å². The first kappa shape index (κ1) is 9.20. The lowest BCUT2D eigenvalue weighted by atomic mass is 9.96. The zero-order valence-corrected chi connectivity index (χ0v) is 8.13. The van der Waals surface area contributed by atoms with E-state index in [2.05, 4.69) is 0 Å². The van der Waals surface area contributed by atoms with Crippen LogP contribution in [0, 0.1) is 0 Å². The first-order valence-electron chi connectivity index (χ1n) is 5.52. The van der Waals surface area contributed by atoms with Crippen LogP contribution in [0.5, 0.6) is 0 Å². The molecule has 2 rings (SSSR count). The molecule has 0 heterocycles. The van der Waals surface area contributed by atoms with Crippen molar-refractivity contribution in [1.29, 1.82) is 0 Å². The second kappa shape index (κ2) is 4.23. The number of hydrogen-bond acceptors (Lipinski definition) is 2. The highest BCUT2D eigenvalue weighted by molar-refractivity contribution is 5.79.